The number of nitrogens with one attached hydrogen (secondary N) is 1. The Morgan fingerprint density at radius 3 is 2.57 bits per heavy atom. The predicted molar refractivity (Wildman–Crippen MR) is 81.0 cm³/mol. The summed E-state index contributed by atoms with van der Waals surface area (Å²) in [7, 11) is 0. The Kier molecular flexibility index (Phi) is 4.96. The molecule has 1 aromatic carbocycles. The maximum atomic E-state index is 13.7. The largest absolute Gasteiger partial charge is 0.379 e. The van der Waals surface area contributed by atoms with Crippen LogP contribution in [0.1, 0.15) is 26.3 Å². The summed E-state index contributed by atoms with van der Waals surface area (Å²) in [5, 5.41) is 2.78. The maximum absolute atomic E-state index is 13.7. The average Bonchev–Trinajstić information content (AvgIpc) is 2.37. The molecule has 1 N–H and O–H groups in total. The molecule has 2 rings (SSSR count). The first kappa shape index (κ1) is 15.9. The van der Waals surface area contributed by atoms with Gasteiger partial charge in [-0.05, 0) is 29.2 Å². The third-order valence-electron chi connectivity index (χ3n) is 3.52. The van der Waals surface area contributed by atoms with Gasteiger partial charge in [-0.3, -0.25) is 9.69 Å². The number of morpholine rings is 1. The Bertz CT molecular complexity index is 505. The molecule has 0 saturated carbocycles. The number of nitrogens with zero attached hydrogens (tertiary/aromatic N) is 1. The minimum Gasteiger partial charge on any atom is -0.379 e. The highest BCUT2D eigenvalue weighted by Crippen LogP contribution is 2.26. The van der Waals surface area contributed by atoms with Gasteiger partial charge in [0.25, 0.3) is 0 Å². The first-order valence-electron chi connectivity index (χ1n) is 7.25. The molecule has 0 unspecified atom stereocenters. The van der Waals surface area contributed by atoms with E-state index >= 15 is 0 Å². The van der Waals surface area contributed by atoms with Gasteiger partial charge in [-0.15, -0.1) is 0 Å². The van der Waals surface area contributed by atoms with Crippen LogP contribution in [0.4, 0.5) is 10.1 Å². The highest BCUT2D eigenvalue weighted by Gasteiger charge is 2.17. The van der Waals surface area contributed by atoms with E-state index in [1.54, 1.807) is 0 Å². The minimum atomic E-state index is -0.330. The van der Waals surface area contributed by atoms with Crippen LogP contribution in [0, 0.1) is 5.82 Å². The van der Waals surface area contributed by atoms with Crippen LogP contribution in [0.5, 0.6) is 0 Å². The third kappa shape index (κ3) is 4.79. The quantitative estimate of drug-likeness (QED) is 0.930. The zero-order chi connectivity index (χ0) is 15.5. The number of carbonyl (C=O) groups is 1. The van der Waals surface area contributed by atoms with E-state index < -0.39 is 0 Å². The molecule has 5 heteroatoms. The van der Waals surface area contributed by atoms with Crippen molar-refractivity contribution in [2.24, 2.45) is 0 Å². The number of amides is 1. The lowest BCUT2D eigenvalue weighted by atomic mass is 9.87. The number of hydrogen-bond donors (Lipinski definition) is 1. The molecule has 0 aliphatic carbocycles. The molecule has 0 spiro atoms. The van der Waals surface area contributed by atoms with Gasteiger partial charge in [0.2, 0.25) is 5.91 Å². The van der Waals surface area contributed by atoms with E-state index in [0.29, 0.717) is 25.4 Å². The Morgan fingerprint density at radius 1 is 1.29 bits per heavy atom. The summed E-state index contributed by atoms with van der Waals surface area (Å²) in [6.07, 6.45) is 0. The first-order valence-corrected chi connectivity index (χ1v) is 7.25. The second-order valence-electron chi connectivity index (χ2n) is 6.42. The number of ether oxygens (including phenoxy) is 1. The van der Waals surface area contributed by atoms with Crippen LogP contribution in [0.2, 0.25) is 0 Å². The van der Waals surface area contributed by atoms with E-state index in [4.69, 9.17) is 4.74 Å². The molecule has 116 valence electrons. The van der Waals surface area contributed by atoms with Gasteiger partial charge in [-0.25, -0.2) is 4.39 Å². The standard InChI is InChI=1S/C16H23FN2O2/c1-16(2,3)12-8-13(17)10-14(9-12)18-15(20)11-19-4-6-21-7-5-19/h8-10H,4-7,11H2,1-3H3,(H,18,20). The van der Waals surface area contributed by atoms with Crippen LogP contribution in [0.3, 0.4) is 0 Å². The predicted octanol–water partition coefficient (Wildman–Crippen LogP) is 2.39. The molecule has 21 heavy (non-hydrogen) atoms. The van der Waals surface area contributed by atoms with Gasteiger partial charge in [-0.2, -0.15) is 0 Å². The van der Waals surface area contributed by atoms with Gasteiger partial charge in [0.1, 0.15) is 5.82 Å². The fourth-order valence-corrected chi connectivity index (χ4v) is 2.26. The fraction of sp³-hybridized carbons (Fsp3) is 0.562. The number of carbonyl (C=O) groups excluding carboxylic acids is 1. The van der Waals surface area contributed by atoms with Crippen molar-refractivity contribution in [1.29, 1.82) is 0 Å². The SMILES string of the molecule is CC(C)(C)c1cc(F)cc(NC(=O)CN2CCOCC2)c1. The number of halogens is 1. The number of benzene rings is 1. The zero-order valence-electron chi connectivity index (χ0n) is 12.9. The normalized spacial score (nSPS) is 16.8. The van der Waals surface area contributed by atoms with Crippen molar-refractivity contribution in [3.63, 3.8) is 0 Å². The summed E-state index contributed by atoms with van der Waals surface area (Å²) in [6, 6.07) is 4.70. The van der Waals surface area contributed by atoms with Gasteiger partial charge in [-0.1, -0.05) is 20.8 Å². The van der Waals surface area contributed by atoms with Crippen molar-refractivity contribution in [3.05, 3.63) is 29.6 Å². The van der Waals surface area contributed by atoms with Crippen molar-refractivity contribution in [2.45, 2.75) is 26.2 Å². The lowest BCUT2D eigenvalue weighted by Crippen LogP contribution is -2.41. The molecule has 1 aliphatic heterocycles. The summed E-state index contributed by atoms with van der Waals surface area (Å²) in [5.41, 5.74) is 1.22. The number of rotatable bonds is 3. The second kappa shape index (κ2) is 6.54. The topological polar surface area (TPSA) is 41.6 Å². The van der Waals surface area contributed by atoms with E-state index in [1.807, 2.05) is 31.7 Å². The summed E-state index contributed by atoms with van der Waals surface area (Å²) >= 11 is 0. The van der Waals surface area contributed by atoms with Gasteiger partial charge in [0.15, 0.2) is 0 Å². The van der Waals surface area contributed by atoms with Crippen molar-refractivity contribution in [1.82, 2.24) is 4.90 Å². The van der Waals surface area contributed by atoms with Crippen molar-refractivity contribution in [3.8, 4) is 0 Å². The number of anilines is 1. The smallest absolute Gasteiger partial charge is 0.238 e. The second-order valence-corrected chi connectivity index (χ2v) is 6.42. The monoisotopic (exact) mass is 294 g/mol. The molecular weight excluding hydrogens is 271 g/mol. The average molecular weight is 294 g/mol. The lowest BCUT2D eigenvalue weighted by Gasteiger charge is -2.26. The highest BCUT2D eigenvalue weighted by atomic mass is 19.1. The molecule has 1 heterocycles. The molecule has 1 aromatic rings. The molecule has 1 fully saturated rings. The minimum absolute atomic E-state index is 0.123. The van der Waals surface area contributed by atoms with Crippen LogP contribution < -0.4 is 5.32 Å². The molecule has 0 bridgehead atoms. The van der Waals surface area contributed by atoms with Gasteiger partial charge < -0.3 is 10.1 Å². The summed E-state index contributed by atoms with van der Waals surface area (Å²) in [6.45, 7) is 9.17. The van der Waals surface area contributed by atoms with Crippen molar-refractivity contribution >= 4 is 11.6 Å². The fourth-order valence-electron chi connectivity index (χ4n) is 2.26. The summed E-state index contributed by atoms with van der Waals surface area (Å²) in [4.78, 5) is 14.1. The van der Waals surface area contributed by atoms with Crippen LogP contribution in [0.15, 0.2) is 18.2 Å². The Morgan fingerprint density at radius 2 is 1.95 bits per heavy atom. The van der Waals surface area contributed by atoms with Crippen molar-refractivity contribution < 1.29 is 13.9 Å². The molecule has 1 aliphatic rings. The van der Waals surface area contributed by atoms with Crippen LogP contribution in [-0.2, 0) is 14.9 Å². The Hall–Kier alpha value is -1.46. The van der Waals surface area contributed by atoms with E-state index in [1.165, 1.54) is 12.1 Å². The van der Waals surface area contributed by atoms with Crippen molar-refractivity contribution in [2.75, 3.05) is 38.2 Å². The molecule has 1 saturated heterocycles. The van der Waals surface area contributed by atoms with Crippen LogP contribution in [-0.4, -0.2) is 43.7 Å². The van der Waals surface area contributed by atoms with E-state index in [0.717, 1.165) is 18.7 Å². The highest BCUT2D eigenvalue weighted by molar-refractivity contribution is 5.92. The zero-order valence-corrected chi connectivity index (χ0v) is 12.9. The van der Waals surface area contributed by atoms with E-state index in [9.17, 15) is 9.18 Å². The molecule has 1 amide bonds. The Labute approximate surface area is 125 Å². The summed E-state index contributed by atoms with van der Waals surface area (Å²) in [5.74, 6) is -0.452. The van der Waals surface area contributed by atoms with Gasteiger partial charge in [0, 0.05) is 18.8 Å². The van der Waals surface area contributed by atoms with Gasteiger partial charge in [0.05, 0.1) is 19.8 Å². The molecule has 4 nitrogen and oxygen atoms in total. The van der Waals surface area contributed by atoms with E-state index in [-0.39, 0.29) is 17.1 Å². The maximum Gasteiger partial charge on any atom is 0.238 e. The Balaban J connectivity index is 2.01. The molecular formula is C16H23FN2O2. The van der Waals surface area contributed by atoms with Crippen LogP contribution in [0.25, 0.3) is 0 Å². The first-order chi connectivity index (χ1) is 9.84. The molecule has 0 atom stereocenters. The van der Waals surface area contributed by atoms with E-state index in [2.05, 4.69) is 5.32 Å². The molecule has 0 aromatic heterocycles. The van der Waals surface area contributed by atoms with Gasteiger partial charge >= 0.3 is 0 Å². The number of hydrogen-bond acceptors (Lipinski definition) is 3. The summed E-state index contributed by atoms with van der Waals surface area (Å²) < 4.78 is 18.9. The molecule has 0 radical (unpaired) electrons. The third-order valence-corrected chi connectivity index (χ3v) is 3.52. The lowest BCUT2D eigenvalue weighted by molar-refractivity contribution is -0.118. The van der Waals surface area contributed by atoms with Crippen LogP contribution >= 0.6 is 0 Å².